The Morgan fingerprint density at radius 1 is 1.41 bits per heavy atom. The monoisotopic (exact) mass is 410 g/mol. The van der Waals surface area contributed by atoms with Crippen molar-refractivity contribution in [1.82, 2.24) is 15.0 Å². The first-order valence-corrected chi connectivity index (χ1v) is 10.3. The first kappa shape index (κ1) is 19.3. The number of hydrogen-bond donors (Lipinski definition) is 1. The lowest BCUT2D eigenvalue weighted by Crippen LogP contribution is -2.30. The van der Waals surface area contributed by atoms with E-state index in [1.165, 1.54) is 22.0 Å². The van der Waals surface area contributed by atoms with Crippen molar-refractivity contribution in [3.63, 3.8) is 0 Å². The largest absolute Gasteiger partial charge is 0.497 e. The van der Waals surface area contributed by atoms with E-state index in [2.05, 4.69) is 22.4 Å². The number of carbonyl (C=O) groups is 1. The summed E-state index contributed by atoms with van der Waals surface area (Å²) in [5.41, 5.74) is 4.25. The van der Waals surface area contributed by atoms with Gasteiger partial charge in [-0.1, -0.05) is 6.92 Å². The first-order chi connectivity index (χ1) is 14.0. The van der Waals surface area contributed by atoms with Crippen molar-refractivity contribution < 1.29 is 9.53 Å². The molecule has 1 aliphatic rings. The molecule has 0 spiro atoms. The van der Waals surface area contributed by atoms with E-state index >= 15 is 0 Å². The molecule has 1 unspecified atom stereocenters. The third-order valence-electron chi connectivity index (χ3n) is 5.11. The molecule has 0 saturated carbocycles. The maximum Gasteiger partial charge on any atom is 0.262 e. The summed E-state index contributed by atoms with van der Waals surface area (Å²) >= 11 is 1.60. The zero-order valence-electron chi connectivity index (χ0n) is 16.3. The number of hydrogen-bond acceptors (Lipinski definition) is 6. The van der Waals surface area contributed by atoms with Crippen LogP contribution in [0.3, 0.4) is 0 Å². The van der Waals surface area contributed by atoms with Gasteiger partial charge >= 0.3 is 0 Å². The van der Waals surface area contributed by atoms with Gasteiger partial charge < -0.3 is 4.74 Å². The summed E-state index contributed by atoms with van der Waals surface area (Å²) in [5.74, 6) is 1.00. The summed E-state index contributed by atoms with van der Waals surface area (Å²) in [5, 5.41) is 4.63. The topological polar surface area (TPSA) is 85.6 Å². The predicted molar refractivity (Wildman–Crippen MR) is 114 cm³/mol. The Bertz CT molecular complexity index is 1130. The van der Waals surface area contributed by atoms with Crippen molar-refractivity contribution in [3.05, 3.63) is 57.0 Å². The van der Waals surface area contributed by atoms with Gasteiger partial charge in [0, 0.05) is 4.88 Å². The fraction of sp³-hybridized carbons (Fsp3) is 0.333. The second kappa shape index (κ2) is 8.16. The Hall–Kier alpha value is -3.00. The Labute approximate surface area is 172 Å². The highest BCUT2D eigenvalue weighted by Crippen LogP contribution is 2.35. The van der Waals surface area contributed by atoms with E-state index in [-0.39, 0.29) is 18.0 Å². The summed E-state index contributed by atoms with van der Waals surface area (Å²) in [6, 6.07) is 7.28. The predicted octanol–water partition coefficient (Wildman–Crippen LogP) is 2.74. The quantitative estimate of drug-likeness (QED) is 0.518. The molecule has 150 valence electrons. The van der Waals surface area contributed by atoms with Crippen LogP contribution >= 0.6 is 11.3 Å². The highest BCUT2D eigenvalue weighted by molar-refractivity contribution is 7.18. The minimum Gasteiger partial charge on any atom is -0.497 e. The molecule has 0 bridgehead atoms. The number of nitrogens with zero attached hydrogens (tertiary/aromatic N) is 3. The third kappa shape index (κ3) is 4.07. The molecule has 4 rings (SSSR count). The molecule has 2 heterocycles. The molecule has 1 aromatic carbocycles. The van der Waals surface area contributed by atoms with Crippen LogP contribution in [0.2, 0.25) is 0 Å². The zero-order chi connectivity index (χ0) is 20.4. The minimum absolute atomic E-state index is 0.122. The molecule has 1 amide bonds. The van der Waals surface area contributed by atoms with E-state index in [0.29, 0.717) is 11.3 Å². The number of fused-ring (bicyclic) bond motifs is 3. The van der Waals surface area contributed by atoms with E-state index in [0.717, 1.165) is 41.0 Å². The van der Waals surface area contributed by atoms with Crippen molar-refractivity contribution in [2.45, 2.75) is 32.7 Å². The van der Waals surface area contributed by atoms with Gasteiger partial charge in [0.15, 0.2) is 0 Å². The van der Waals surface area contributed by atoms with E-state index in [1.54, 1.807) is 18.4 Å². The number of nitrogens with one attached hydrogen (secondary N) is 1. The third-order valence-corrected chi connectivity index (χ3v) is 6.28. The molecule has 1 aliphatic carbocycles. The summed E-state index contributed by atoms with van der Waals surface area (Å²) in [6.07, 6.45) is 5.96. The maximum atomic E-state index is 12.9. The number of aryl methyl sites for hydroxylation is 1. The van der Waals surface area contributed by atoms with Crippen molar-refractivity contribution in [3.8, 4) is 5.75 Å². The van der Waals surface area contributed by atoms with Gasteiger partial charge in [0.05, 0.1) is 25.0 Å². The number of amides is 1. The Balaban J connectivity index is 1.47. The van der Waals surface area contributed by atoms with Crippen LogP contribution in [0, 0.1) is 5.92 Å². The molecule has 0 radical (unpaired) electrons. The van der Waals surface area contributed by atoms with E-state index < -0.39 is 0 Å². The summed E-state index contributed by atoms with van der Waals surface area (Å²) in [4.78, 5) is 31.6. The highest BCUT2D eigenvalue weighted by atomic mass is 32.1. The van der Waals surface area contributed by atoms with Crippen LogP contribution in [0.1, 0.15) is 29.3 Å². The van der Waals surface area contributed by atoms with Crippen LogP contribution in [-0.4, -0.2) is 28.8 Å². The second-order valence-corrected chi connectivity index (χ2v) is 8.36. The lowest BCUT2D eigenvalue weighted by molar-refractivity contribution is -0.121. The van der Waals surface area contributed by atoms with E-state index in [4.69, 9.17) is 4.74 Å². The van der Waals surface area contributed by atoms with Crippen molar-refractivity contribution in [2.24, 2.45) is 11.0 Å². The Morgan fingerprint density at radius 2 is 2.21 bits per heavy atom. The molecule has 8 heteroatoms. The van der Waals surface area contributed by atoms with Crippen molar-refractivity contribution in [1.29, 1.82) is 0 Å². The van der Waals surface area contributed by atoms with E-state index in [1.807, 2.05) is 24.3 Å². The lowest BCUT2D eigenvalue weighted by Gasteiger charge is -2.17. The van der Waals surface area contributed by atoms with Crippen LogP contribution in [0.25, 0.3) is 10.2 Å². The Morgan fingerprint density at radius 3 is 2.97 bits per heavy atom. The molecular formula is C21H22N4O3S. The van der Waals surface area contributed by atoms with Crippen molar-refractivity contribution in [2.75, 3.05) is 7.11 Å². The number of ether oxygens (including phenoxy) is 1. The summed E-state index contributed by atoms with van der Waals surface area (Å²) in [6.45, 7) is 2.11. The van der Waals surface area contributed by atoms with E-state index in [9.17, 15) is 9.59 Å². The molecule has 1 atom stereocenters. The molecule has 2 aromatic heterocycles. The molecule has 0 fully saturated rings. The molecule has 29 heavy (non-hydrogen) atoms. The number of methoxy groups -OCH3 is 1. The molecule has 0 aliphatic heterocycles. The van der Waals surface area contributed by atoms with Gasteiger partial charge in [0.2, 0.25) is 0 Å². The zero-order valence-corrected chi connectivity index (χ0v) is 17.2. The average molecular weight is 410 g/mol. The molecule has 7 nitrogen and oxygen atoms in total. The molecule has 3 aromatic rings. The fourth-order valence-electron chi connectivity index (χ4n) is 3.54. The molecular weight excluding hydrogens is 388 g/mol. The molecule has 1 N–H and O–H groups in total. The molecule has 0 saturated heterocycles. The van der Waals surface area contributed by atoms with Gasteiger partial charge in [-0.25, -0.2) is 10.4 Å². The van der Waals surface area contributed by atoms with Gasteiger partial charge in [-0.05, 0) is 60.6 Å². The van der Waals surface area contributed by atoms with Crippen LogP contribution in [0.15, 0.2) is 40.5 Å². The normalized spacial score (nSPS) is 16.1. The average Bonchev–Trinajstić information content (AvgIpc) is 3.09. The van der Waals surface area contributed by atoms with Gasteiger partial charge in [-0.2, -0.15) is 5.10 Å². The number of carbonyl (C=O) groups excluding carboxylic acids is 1. The van der Waals surface area contributed by atoms with Crippen LogP contribution < -0.4 is 15.7 Å². The second-order valence-electron chi connectivity index (χ2n) is 7.28. The number of benzene rings is 1. The number of thiophene rings is 1. The smallest absolute Gasteiger partial charge is 0.262 e. The summed E-state index contributed by atoms with van der Waals surface area (Å²) < 4.78 is 6.45. The van der Waals surface area contributed by atoms with Gasteiger partial charge in [-0.15, -0.1) is 11.3 Å². The van der Waals surface area contributed by atoms with Gasteiger partial charge in [0.25, 0.3) is 11.5 Å². The maximum absolute atomic E-state index is 12.9. The first-order valence-electron chi connectivity index (χ1n) is 9.51. The number of rotatable bonds is 5. The van der Waals surface area contributed by atoms with Crippen LogP contribution in [0.4, 0.5) is 0 Å². The fourth-order valence-corrected chi connectivity index (χ4v) is 4.88. The van der Waals surface area contributed by atoms with Crippen LogP contribution in [-0.2, 0) is 24.2 Å². The van der Waals surface area contributed by atoms with Crippen molar-refractivity contribution >= 4 is 33.7 Å². The minimum atomic E-state index is -0.379. The number of hydrazone groups is 1. The lowest BCUT2D eigenvalue weighted by atomic mass is 9.89. The summed E-state index contributed by atoms with van der Waals surface area (Å²) in [7, 11) is 1.60. The van der Waals surface area contributed by atoms with Crippen LogP contribution in [0.5, 0.6) is 5.75 Å². The highest BCUT2D eigenvalue weighted by Gasteiger charge is 2.23. The SMILES string of the molecule is COc1ccc(/C=N/NC(=O)Cn2cnc3sc4c(c3c2=O)CCC(C)C4)cc1. The standard InChI is InChI=1S/C21H22N4O3S/c1-13-3-8-16-17(9-13)29-20-19(16)21(27)25(12-22-20)11-18(26)24-23-10-14-4-6-15(28-2)7-5-14/h4-7,10,12-13H,3,8-9,11H2,1-2H3,(H,24,26)/b23-10+. The van der Waals surface area contributed by atoms with Gasteiger partial charge in [-0.3, -0.25) is 14.2 Å². The Kier molecular flexibility index (Phi) is 5.44. The van der Waals surface area contributed by atoms with Gasteiger partial charge in [0.1, 0.15) is 17.1 Å². The number of aromatic nitrogens is 2.